The Balaban J connectivity index is 1.63. The van der Waals surface area contributed by atoms with E-state index in [1.165, 1.54) is 0 Å². The van der Waals surface area contributed by atoms with Gasteiger partial charge in [0.15, 0.2) is 5.79 Å². The summed E-state index contributed by atoms with van der Waals surface area (Å²) in [5.74, 6) is -4.88. The number of carbonyl (C=O) groups is 1. The van der Waals surface area contributed by atoms with E-state index in [1.54, 1.807) is 0 Å². The molecule has 2 aliphatic carbocycles. The van der Waals surface area contributed by atoms with Gasteiger partial charge in [-0.05, 0) is 42.9 Å². The van der Waals surface area contributed by atoms with Crippen LogP contribution in [0.4, 0.5) is 8.78 Å². The molecule has 1 saturated heterocycles. The summed E-state index contributed by atoms with van der Waals surface area (Å²) in [6.45, 7) is 0.975. The zero-order chi connectivity index (χ0) is 19.9. The lowest BCUT2D eigenvalue weighted by Crippen LogP contribution is -2.25. The van der Waals surface area contributed by atoms with Crippen LogP contribution in [0.5, 0.6) is 0 Å². The zero-order valence-electron chi connectivity index (χ0n) is 15.2. The van der Waals surface area contributed by atoms with Gasteiger partial charge in [0.1, 0.15) is 23.0 Å². The molecule has 150 valence electrons. The van der Waals surface area contributed by atoms with Gasteiger partial charge in [0.2, 0.25) is 0 Å². The topological polar surface area (TPSA) is 88.4 Å². The summed E-state index contributed by atoms with van der Waals surface area (Å²) >= 11 is 0. The van der Waals surface area contributed by atoms with Crippen molar-refractivity contribution in [3.05, 3.63) is 40.5 Å². The first kappa shape index (κ1) is 19.0. The Morgan fingerprint density at radius 3 is 2.50 bits per heavy atom. The number of nitrogens with zero attached hydrogens (tertiary/aromatic N) is 1. The average Bonchev–Trinajstić information content (AvgIpc) is 3.22. The summed E-state index contributed by atoms with van der Waals surface area (Å²) in [4.78, 5) is 15.4. The van der Waals surface area contributed by atoms with Gasteiger partial charge in [-0.3, -0.25) is 4.99 Å². The molecule has 1 aliphatic heterocycles. The minimum atomic E-state index is -1.46. The van der Waals surface area contributed by atoms with Crippen molar-refractivity contribution in [1.82, 2.24) is 0 Å². The number of carboxylic acids is 1. The fourth-order valence-corrected chi connectivity index (χ4v) is 3.82. The highest BCUT2D eigenvalue weighted by Gasteiger charge is 2.45. The molecule has 1 spiro atoms. The number of halogens is 2. The number of aliphatic carboxylic acids is 1. The minimum absolute atomic E-state index is 0.0285. The predicted octanol–water partition coefficient (Wildman–Crippen LogP) is 3.56. The largest absolute Gasteiger partial charge is 0.506 e. The molecular formula is C20H21F2NO5. The molecule has 0 aromatic heterocycles. The van der Waals surface area contributed by atoms with E-state index in [0.29, 0.717) is 32.5 Å². The average molecular weight is 393 g/mol. The maximum absolute atomic E-state index is 14.7. The second kappa shape index (κ2) is 7.25. The van der Waals surface area contributed by atoms with Crippen molar-refractivity contribution in [2.75, 3.05) is 13.2 Å². The van der Waals surface area contributed by atoms with E-state index in [2.05, 4.69) is 4.99 Å². The number of rotatable bonds is 5. The highest BCUT2D eigenvalue weighted by atomic mass is 19.1. The van der Waals surface area contributed by atoms with Gasteiger partial charge >= 0.3 is 5.97 Å². The smallest absolute Gasteiger partial charge is 0.341 e. The Morgan fingerprint density at radius 1 is 1.14 bits per heavy atom. The molecule has 3 fully saturated rings. The molecule has 0 radical (unpaired) electrons. The van der Waals surface area contributed by atoms with E-state index in [-0.39, 0.29) is 17.5 Å². The Morgan fingerprint density at radius 2 is 1.86 bits per heavy atom. The molecule has 2 saturated carbocycles. The van der Waals surface area contributed by atoms with Crippen LogP contribution >= 0.6 is 0 Å². The quantitative estimate of drug-likeness (QED) is 0.454. The van der Waals surface area contributed by atoms with Crippen LogP contribution in [-0.4, -0.2) is 47.4 Å². The van der Waals surface area contributed by atoms with Crippen LogP contribution in [0.2, 0.25) is 0 Å². The van der Waals surface area contributed by atoms with E-state index in [0.717, 1.165) is 31.2 Å². The lowest BCUT2D eigenvalue weighted by atomic mass is 9.94. The molecule has 0 amide bonds. The van der Waals surface area contributed by atoms with Gasteiger partial charge in [-0.15, -0.1) is 0 Å². The number of hydrogen-bond donors (Lipinski definition) is 2. The third kappa shape index (κ3) is 3.66. The van der Waals surface area contributed by atoms with E-state index in [4.69, 9.17) is 9.47 Å². The van der Waals surface area contributed by atoms with Crippen molar-refractivity contribution in [3.8, 4) is 0 Å². The fourth-order valence-electron chi connectivity index (χ4n) is 3.82. The van der Waals surface area contributed by atoms with Gasteiger partial charge < -0.3 is 19.7 Å². The molecule has 4 rings (SSSR count). The first-order valence-corrected chi connectivity index (χ1v) is 9.35. The van der Waals surface area contributed by atoms with Crippen molar-refractivity contribution < 1.29 is 33.3 Å². The molecule has 1 heterocycles. The Bertz CT molecular complexity index is 856. The summed E-state index contributed by atoms with van der Waals surface area (Å²) in [7, 11) is 0. The summed E-state index contributed by atoms with van der Waals surface area (Å²) in [6.07, 6.45) is 4.32. The third-order valence-electron chi connectivity index (χ3n) is 5.47. The number of hydrogen-bond acceptors (Lipinski definition) is 5. The molecule has 1 aromatic carbocycles. The Kier molecular flexibility index (Phi) is 4.93. The van der Waals surface area contributed by atoms with Gasteiger partial charge in [0.05, 0.1) is 24.8 Å². The highest BCUT2D eigenvalue weighted by molar-refractivity contribution is 6.14. The van der Waals surface area contributed by atoms with Crippen molar-refractivity contribution in [3.63, 3.8) is 0 Å². The van der Waals surface area contributed by atoms with Crippen LogP contribution in [0.25, 0.3) is 5.76 Å². The normalized spacial score (nSPS) is 24.9. The van der Waals surface area contributed by atoms with Crippen molar-refractivity contribution >= 4 is 17.9 Å². The standard InChI is InChI=1S/C20H21F2NO5/c21-16-8-14(18(24)15(19(25)26)10-23-12-1-2-12)17(22)7-13(16)11-3-4-20(9-11)27-5-6-28-20/h7-8,10-12,24H,1-6,9H2,(H,25,26). The van der Waals surface area contributed by atoms with Crippen molar-refractivity contribution in [2.45, 2.75) is 49.9 Å². The molecule has 1 aromatic rings. The number of aliphatic hydroxyl groups excluding tert-OH is 1. The molecule has 0 bridgehead atoms. The van der Waals surface area contributed by atoms with E-state index < -0.39 is 40.3 Å². The lowest BCUT2D eigenvalue weighted by Gasteiger charge is -2.22. The molecule has 2 N–H and O–H groups in total. The van der Waals surface area contributed by atoms with E-state index >= 15 is 0 Å². The monoisotopic (exact) mass is 393 g/mol. The summed E-state index contributed by atoms with van der Waals surface area (Å²) < 4.78 is 40.7. The van der Waals surface area contributed by atoms with Crippen LogP contribution in [0, 0.1) is 11.6 Å². The van der Waals surface area contributed by atoms with Crippen LogP contribution < -0.4 is 0 Å². The van der Waals surface area contributed by atoms with Crippen LogP contribution in [-0.2, 0) is 14.3 Å². The minimum Gasteiger partial charge on any atom is -0.506 e. The molecule has 8 heteroatoms. The maximum Gasteiger partial charge on any atom is 0.341 e. The predicted molar refractivity (Wildman–Crippen MR) is 96.3 cm³/mol. The first-order chi connectivity index (χ1) is 13.4. The Hall–Kier alpha value is -2.32. The van der Waals surface area contributed by atoms with Crippen LogP contribution in [0.3, 0.4) is 0 Å². The number of ether oxygens (including phenoxy) is 2. The first-order valence-electron chi connectivity index (χ1n) is 9.35. The summed E-state index contributed by atoms with van der Waals surface area (Å²) in [5.41, 5.74) is -0.888. The van der Waals surface area contributed by atoms with Gasteiger partial charge in [0, 0.05) is 19.1 Å². The van der Waals surface area contributed by atoms with Gasteiger partial charge in [-0.25, -0.2) is 13.6 Å². The van der Waals surface area contributed by atoms with E-state index in [1.807, 2.05) is 0 Å². The molecule has 6 nitrogen and oxygen atoms in total. The fraction of sp³-hybridized carbons (Fsp3) is 0.500. The second-order valence-electron chi connectivity index (χ2n) is 7.48. The summed E-state index contributed by atoms with van der Waals surface area (Å²) in [5, 5.41) is 19.6. The zero-order valence-corrected chi connectivity index (χ0v) is 15.2. The summed E-state index contributed by atoms with van der Waals surface area (Å²) in [6, 6.07) is 1.90. The van der Waals surface area contributed by atoms with Gasteiger partial charge in [0.25, 0.3) is 0 Å². The molecule has 1 atom stereocenters. The number of benzene rings is 1. The van der Waals surface area contributed by atoms with Crippen molar-refractivity contribution in [2.24, 2.45) is 4.99 Å². The lowest BCUT2D eigenvalue weighted by molar-refractivity contribution is -0.151. The van der Waals surface area contributed by atoms with Gasteiger partial charge in [-0.1, -0.05) is 0 Å². The Labute approximate surface area is 160 Å². The maximum atomic E-state index is 14.7. The van der Waals surface area contributed by atoms with E-state index in [9.17, 15) is 23.8 Å². The SMILES string of the molecule is O=C(O)C(C=NC1CC1)=C(O)c1cc(F)c(C2CCC3(C2)OCCO3)cc1F. The number of aliphatic hydroxyl groups is 1. The molecular weight excluding hydrogens is 372 g/mol. The molecule has 1 unspecified atom stereocenters. The third-order valence-corrected chi connectivity index (χ3v) is 5.47. The van der Waals surface area contributed by atoms with Crippen LogP contribution in [0.15, 0.2) is 22.7 Å². The molecule has 3 aliphatic rings. The number of carboxylic acid groups (broad SMARTS) is 1. The highest BCUT2D eigenvalue weighted by Crippen LogP contribution is 2.46. The number of aliphatic imine (C=N–C) groups is 1. The van der Waals surface area contributed by atoms with Crippen molar-refractivity contribution in [1.29, 1.82) is 0 Å². The van der Waals surface area contributed by atoms with Gasteiger partial charge in [-0.2, -0.15) is 0 Å². The molecule has 28 heavy (non-hydrogen) atoms. The second-order valence-corrected chi connectivity index (χ2v) is 7.48. The van der Waals surface area contributed by atoms with Crippen LogP contribution in [0.1, 0.15) is 49.1 Å².